The summed E-state index contributed by atoms with van der Waals surface area (Å²) >= 11 is 0. The Labute approximate surface area is 154 Å². The van der Waals surface area contributed by atoms with Gasteiger partial charge >= 0.3 is 0 Å². The van der Waals surface area contributed by atoms with Crippen LogP contribution >= 0.6 is 0 Å². The molecule has 27 heavy (non-hydrogen) atoms. The van der Waals surface area contributed by atoms with E-state index in [-0.39, 0.29) is 18.6 Å². The Morgan fingerprint density at radius 1 is 1.07 bits per heavy atom. The first kappa shape index (κ1) is 15.9. The molecule has 1 amide bonds. The van der Waals surface area contributed by atoms with Gasteiger partial charge in [-0.25, -0.2) is 0 Å². The first-order chi connectivity index (χ1) is 13.3. The Hall–Kier alpha value is -3.29. The van der Waals surface area contributed by atoms with Crippen LogP contribution in [0.1, 0.15) is 35.0 Å². The maximum absolute atomic E-state index is 12.8. The Kier molecular flexibility index (Phi) is 3.81. The summed E-state index contributed by atoms with van der Waals surface area (Å²) in [6.45, 7) is 1.48. The van der Waals surface area contributed by atoms with Crippen molar-refractivity contribution in [2.75, 3.05) is 19.9 Å². The van der Waals surface area contributed by atoms with Crippen molar-refractivity contribution in [2.24, 2.45) is 0 Å². The molecular formula is C19H17N3O5. The number of nitrogens with zero attached hydrogens (tertiary/aromatic N) is 3. The van der Waals surface area contributed by atoms with Crippen LogP contribution in [0.4, 0.5) is 0 Å². The van der Waals surface area contributed by atoms with Gasteiger partial charge < -0.3 is 23.2 Å². The SMILES string of the molecule is O=C(c1ccc2c(c1)OCO2)N1CCC(c2nnc(-c3ccoc3)o2)CC1. The zero-order valence-electron chi connectivity index (χ0n) is 14.5. The van der Waals surface area contributed by atoms with Crippen LogP contribution in [0.2, 0.25) is 0 Å². The van der Waals surface area contributed by atoms with E-state index >= 15 is 0 Å². The largest absolute Gasteiger partial charge is 0.472 e. The van der Waals surface area contributed by atoms with E-state index in [0.717, 1.165) is 18.4 Å². The number of fused-ring (bicyclic) bond motifs is 1. The van der Waals surface area contributed by atoms with Crippen LogP contribution in [0.5, 0.6) is 11.5 Å². The van der Waals surface area contributed by atoms with E-state index in [1.54, 1.807) is 36.8 Å². The summed E-state index contributed by atoms with van der Waals surface area (Å²) in [5.74, 6) is 2.51. The summed E-state index contributed by atoms with van der Waals surface area (Å²) in [5.41, 5.74) is 1.38. The van der Waals surface area contributed by atoms with Crippen molar-refractivity contribution in [1.29, 1.82) is 0 Å². The summed E-state index contributed by atoms with van der Waals surface area (Å²) in [6, 6.07) is 7.07. The topological polar surface area (TPSA) is 90.8 Å². The van der Waals surface area contributed by atoms with Gasteiger partial charge in [-0.1, -0.05) is 0 Å². The van der Waals surface area contributed by atoms with Crippen molar-refractivity contribution < 1.29 is 23.1 Å². The number of hydrogen-bond donors (Lipinski definition) is 0. The molecule has 0 atom stereocenters. The zero-order valence-corrected chi connectivity index (χ0v) is 14.5. The molecule has 0 unspecified atom stereocenters. The highest BCUT2D eigenvalue weighted by Gasteiger charge is 2.29. The lowest BCUT2D eigenvalue weighted by Gasteiger charge is -2.30. The summed E-state index contributed by atoms with van der Waals surface area (Å²) in [5, 5.41) is 8.26. The van der Waals surface area contributed by atoms with Crippen LogP contribution in [-0.2, 0) is 0 Å². The van der Waals surface area contributed by atoms with Crippen molar-refractivity contribution >= 4 is 5.91 Å². The maximum atomic E-state index is 12.8. The molecular weight excluding hydrogens is 350 g/mol. The number of furan rings is 1. The summed E-state index contributed by atoms with van der Waals surface area (Å²) in [4.78, 5) is 14.6. The van der Waals surface area contributed by atoms with Crippen molar-refractivity contribution in [2.45, 2.75) is 18.8 Å². The zero-order chi connectivity index (χ0) is 18.2. The molecule has 8 nitrogen and oxygen atoms in total. The molecule has 2 aliphatic heterocycles. The first-order valence-corrected chi connectivity index (χ1v) is 8.83. The second-order valence-electron chi connectivity index (χ2n) is 6.59. The lowest BCUT2D eigenvalue weighted by molar-refractivity contribution is 0.0706. The van der Waals surface area contributed by atoms with Crippen LogP contribution in [0.3, 0.4) is 0 Å². The van der Waals surface area contributed by atoms with Gasteiger partial charge in [-0.05, 0) is 37.1 Å². The molecule has 4 heterocycles. The molecule has 0 radical (unpaired) electrons. The van der Waals surface area contributed by atoms with Crippen LogP contribution in [0, 0.1) is 0 Å². The van der Waals surface area contributed by atoms with Crippen molar-refractivity contribution in [3.63, 3.8) is 0 Å². The fraction of sp³-hybridized carbons (Fsp3) is 0.316. The lowest BCUT2D eigenvalue weighted by Crippen LogP contribution is -2.38. The molecule has 8 heteroatoms. The van der Waals surface area contributed by atoms with Crippen molar-refractivity contribution in [3.8, 4) is 23.0 Å². The number of benzene rings is 1. The van der Waals surface area contributed by atoms with Crippen LogP contribution < -0.4 is 9.47 Å². The molecule has 3 aromatic rings. The van der Waals surface area contributed by atoms with Gasteiger partial charge in [0.05, 0.1) is 11.8 Å². The van der Waals surface area contributed by atoms with Gasteiger partial charge in [-0.15, -0.1) is 10.2 Å². The third-order valence-electron chi connectivity index (χ3n) is 4.96. The number of aromatic nitrogens is 2. The van der Waals surface area contributed by atoms with E-state index in [1.165, 1.54) is 0 Å². The number of carbonyl (C=O) groups excluding carboxylic acids is 1. The number of amides is 1. The Morgan fingerprint density at radius 3 is 2.74 bits per heavy atom. The molecule has 1 aromatic carbocycles. The van der Waals surface area contributed by atoms with Gasteiger partial charge in [0.15, 0.2) is 11.5 Å². The number of ether oxygens (including phenoxy) is 2. The minimum Gasteiger partial charge on any atom is -0.472 e. The minimum absolute atomic E-state index is 0.00337. The minimum atomic E-state index is -0.00337. The predicted octanol–water partition coefficient (Wildman–Crippen LogP) is 3.08. The molecule has 1 saturated heterocycles. The standard InChI is InChI=1S/C19H17N3O5/c23-19(13-1-2-15-16(9-13)26-11-25-15)22-6-3-12(4-7-22)17-20-21-18(27-17)14-5-8-24-10-14/h1-2,5,8-10,12H,3-4,6-7,11H2. The predicted molar refractivity (Wildman–Crippen MR) is 92.4 cm³/mol. The highest BCUT2D eigenvalue weighted by Crippen LogP contribution is 2.34. The Bertz CT molecular complexity index is 958. The fourth-order valence-corrected chi connectivity index (χ4v) is 3.44. The van der Waals surface area contributed by atoms with E-state index in [9.17, 15) is 4.79 Å². The number of likely N-dealkylation sites (tertiary alicyclic amines) is 1. The van der Waals surface area contributed by atoms with E-state index in [1.807, 2.05) is 4.90 Å². The third kappa shape index (κ3) is 2.92. The van der Waals surface area contributed by atoms with Gasteiger partial charge in [-0.3, -0.25) is 4.79 Å². The first-order valence-electron chi connectivity index (χ1n) is 8.83. The van der Waals surface area contributed by atoms with Crippen molar-refractivity contribution in [3.05, 3.63) is 48.2 Å². The number of carbonyl (C=O) groups is 1. The number of piperidine rings is 1. The monoisotopic (exact) mass is 367 g/mol. The number of rotatable bonds is 3. The van der Waals surface area contributed by atoms with Crippen molar-refractivity contribution in [1.82, 2.24) is 15.1 Å². The van der Waals surface area contributed by atoms with Gasteiger partial charge in [0, 0.05) is 24.6 Å². The highest BCUT2D eigenvalue weighted by atomic mass is 16.7. The Morgan fingerprint density at radius 2 is 1.93 bits per heavy atom. The van der Waals surface area contributed by atoms with Gasteiger partial charge in [0.2, 0.25) is 12.7 Å². The lowest BCUT2D eigenvalue weighted by atomic mass is 9.96. The second-order valence-corrected chi connectivity index (χ2v) is 6.59. The number of hydrogen-bond acceptors (Lipinski definition) is 7. The molecule has 0 spiro atoms. The van der Waals surface area contributed by atoms with E-state index in [2.05, 4.69) is 10.2 Å². The smallest absolute Gasteiger partial charge is 0.253 e. The average Bonchev–Trinajstić information content (AvgIpc) is 3.48. The van der Waals surface area contributed by atoms with E-state index < -0.39 is 0 Å². The molecule has 1 fully saturated rings. The van der Waals surface area contributed by atoms with Gasteiger partial charge in [-0.2, -0.15) is 0 Å². The van der Waals surface area contributed by atoms with Gasteiger partial charge in [0.1, 0.15) is 6.26 Å². The summed E-state index contributed by atoms with van der Waals surface area (Å²) in [7, 11) is 0. The average molecular weight is 367 g/mol. The molecule has 0 bridgehead atoms. The maximum Gasteiger partial charge on any atom is 0.253 e. The van der Waals surface area contributed by atoms with Crippen LogP contribution in [0.25, 0.3) is 11.5 Å². The fourth-order valence-electron chi connectivity index (χ4n) is 3.44. The second kappa shape index (κ2) is 6.46. The molecule has 0 N–H and O–H groups in total. The molecule has 0 aliphatic carbocycles. The quantitative estimate of drug-likeness (QED) is 0.702. The highest BCUT2D eigenvalue weighted by molar-refractivity contribution is 5.95. The molecule has 5 rings (SSSR count). The van der Waals surface area contributed by atoms with Gasteiger partial charge in [0.25, 0.3) is 11.8 Å². The van der Waals surface area contributed by atoms with Crippen LogP contribution in [-0.4, -0.2) is 40.9 Å². The summed E-state index contributed by atoms with van der Waals surface area (Å²) < 4.78 is 21.5. The molecule has 0 saturated carbocycles. The molecule has 2 aliphatic rings. The van der Waals surface area contributed by atoms with E-state index in [0.29, 0.717) is 41.9 Å². The van der Waals surface area contributed by atoms with Crippen LogP contribution in [0.15, 0.2) is 45.6 Å². The third-order valence-corrected chi connectivity index (χ3v) is 4.96. The summed E-state index contributed by atoms with van der Waals surface area (Å²) in [6.07, 6.45) is 4.70. The van der Waals surface area contributed by atoms with E-state index in [4.69, 9.17) is 18.3 Å². The molecule has 2 aromatic heterocycles. The normalized spacial score (nSPS) is 16.7. The Balaban J connectivity index is 1.24. The molecule has 138 valence electrons.